The lowest BCUT2D eigenvalue weighted by atomic mass is 10.0. The fourth-order valence-corrected chi connectivity index (χ4v) is 3.70. The Bertz CT molecular complexity index is 497. The van der Waals surface area contributed by atoms with Crippen molar-refractivity contribution in [2.45, 2.75) is 18.9 Å². The van der Waals surface area contributed by atoms with E-state index in [1.165, 1.54) is 31.5 Å². The summed E-state index contributed by atoms with van der Waals surface area (Å²) in [4.78, 5) is 5.21. The minimum atomic E-state index is 0.426. The van der Waals surface area contributed by atoms with Crippen LogP contribution in [0.15, 0.2) is 18.2 Å². The van der Waals surface area contributed by atoms with Gasteiger partial charge in [0.05, 0.1) is 14.2 Å². The molecule has 1 atom stereocenters. The van der Waals surface area contributed by atoms with E-state index in [4.69, 9.17) is 9.47 Å². The van der Waals surface area contributed by atoms with Crippen LogP contribution in [-0.2, 0) is 0 Å². The van der Waals surface area contributed by atoms with Gasteiger partial charge in [-0.3, -0.25) is 4.90 Å². The SMILES string of the molecule is COc1ccc(C(CN2CCCC2)N2CCNCC2)cc1OC. The third-order valence-corrected chi connectivity index (χ3v) is 5.01. The summed E-state index contributed by atoms with van der Waals surface area (Å²) in [5.74, 6) is 1.63. The molecule has 2 aliphatic rings. The molecule has 1 unspecified atom stereocenters. The quantitative estimate of drug-likeness (QED) is 0.864. The second kappa shape index (κ2) is 7.99. The van der Waals surface area contributed by atoms with E-state index < -0.39 is 0 Å². The van der Waals surface area contributed by atoms with Crippen LogP contribution in [0, 0.1) is 0 Å². The zero-order valence-corrected chi connectivity index (χ0v) is 14.4. The second-order valence-electron chi connectivity index (χ2n) is 6.42. The molecule has 0 radical (unpaired) electrons. The van der Waals surface area contributed by atoms with E-state index in [0.717, 1.165) is 44.2 Å². The Morgan fingerprint density at radius 2 is 1.70 bits per heavy atom. The van der Waals surface area contributed by atoms with Gasteiger partial charge in [-0.1, -0.05) is 6.07 Å². The van der Waals surface area contributed by atoms with Crippen LogP contribution in [0.5, 0.6) is 11.5 Å². The highest BCUT2D eigenvalue weighted by molar-refractivity contribution is 5.44. The topological polar surface area (TPSA) is 37.0 Å². The van der Waals surface area contributed by atoms with Crippen molar-refractivity contribution in [2.75, 3.05) is 60.0 Å². The zero-order chi connectivity index (χ0) is 16.1. The molecule has 2 heterocycles. The third kappa shape index (κ3) is 3.97. The van der Waals surface area contributed by atoms with Crippen LogP contribution in [0.1, 0.15) is 24.4 Å². The number of hydrogen-bond acceptors (Lipinski definition) is 5. The van der Waals surface area contributed by atoms with Gasteiger partial charge in [-0.05, 0) is 43.6 Å². The molecular formula is C18H29N3O2. The molecule has 2 aliphatic heterocycles. The number of piperazine rings is 1. The van der Waals surface area contributed by atoms with Gasteiger partial charge in [-0.25, -0.2) is 0 Å². The number of benzene rings is 1. The van der Waals surface area contributed by atoms with E-state index in [1.54, 1.807) is 14.2 Å². The maximum Gasteiger partial charge on any atom is 0.161 e. The summed E-state index contributed by atoms with van der Waals surface area (Å²) in [5, 5.41) is 3.46. The molecule has 1 aromatic rings. The summed E-state index contributed by atoms with van der Waals surface area (Å²) in [6.07, 6.45) is 2.67. The molecule has 1 N–H and O–H groups in total. The van der Waals surface area contributed by atoms with Crippen molar-refractivity contribution >= 4 is 0 Å². The van der Waals surface area contributed by atoms with Gasteiger partial charge in [0.15, 0.2) is 11.5 Å². The Morgan fingerprint density at radius 3 is 2.35 bits per heavy atom. The van der Waals surface area contributed by atoms with Crippen LogP contribution in [0.2, 0.25) is 0 Å². The fourth-order valence-electron chi connectivity index (χ4n) is 3.70. The van der Waals surface area contributed by atoms with E-state index in [9.17, 15) is 0 Å². The Kier molecular flexibility index (Phi) is 5.75. The first-order valence-electron chi connectivity index (χ1n) is 8.71. The van der Waals surface area contributed by atoms with Crippen molar-refractivity contribution < 1.29 is 9.47 Å². The lowest BCUT2D eigenvalue weighted by Gasteiger charge is -2.37. The second-order valence-corrected chi connectivity index (χ2v) is 6.42. The number of hydrogen-bond donors (Lipinski definition) is 1. The van der Waals surface area contributed by atoms with E-state index in [1.807, 2.05) is 6.07 Å². The minimum absolute atomic E-state index is 0.426. The number of rotatable bonds is 6. The summed E-state index contributed by atoms with van der Waals surface area (Å²) < 4.78 is 10.9. The van der Waals surface area contributed by atoms with Crippen molar-refractivity contribution in [1.82, 2.24) is 15.1 Å². The molecule has 3 rings (SSSR count). The fraction of sp³-hybridized carbons (Fsp3) is 0.667. The van der Waals surface area contributed by atoms with Crippen LogP contribution >= 0.6 is 0 Å². The van der Waals surface area contributed by atoms with Crippen molar-refractivity contribution in [1.29, 1.82) is 0 Å². The molecule has 5 heteroatoms. The molecule has 0 aromatic heterocycles. The molecule has 0 spiro atoms. The van der Waals surface area contributed by atoms with Gasteiger partial charge >= 0.3 is 0 Å². The molecule has 0 aliphatic carbocycles. The predicted molar refractivity (Wildman–Crippen MR) is 92.4 cm³/mol. The summed E-state index contributed by atoms with van der Waals surface area (Å²) in [6.45, 7) is 7.93. The van der Waals surface area contributed by atoms with Crippen molar-refractivity contribution in [2.24, 2.45) is 0 Å². The minimum Gasteiger partial charge on any atom is -0.493 e. The largest absolute Gasteiger partial charge is 0.493 e. The Labute approximate surface area is 139 Å². The van der Waals surface area contributed by atoms with E-state index in [-0.39, 0.29) is 0 Å². The highest BCUT2D eigenvalue weighted by Crippen LogP contribution is 2.33. The highest BCUT2D eigenvalue weighted by atomic mass is 16.5. The zero-order valence-electron chi connectivity index (χ0n) is 14.4. The van der Waals surface area contributed by atoms with Crippen LogP contribution in [0.3, 0.4) is 0 Å². The molecule has 1 aromatic carbocycles. The normalized spacial score (nSPS) is 21.3. The molecule has 23 heavy (non-hydrogen) atoms. The molecule has 128 valence electrons. The average molecular weight is 319 g/mol. The molecular weight excluding hydrogens is 290 g/mol. The van der Waals surface area contributed by atoms with Crippen molar-refractivity contribution in [3.8, 4) is 11.5 Å². The number of methoxy groups -OCH3 is 2. The first-order valence-corrected chi connectivity index (χ1v) is 8.71. The molecule has 0 saturated carbocycles. The lowest BCUT2D eigenvalue weighted by molar-refractivity contribution is 0.135. The van der Waals surface area contributed by atoms with E-state index >= 15 is 0 Å². The van der Waals surface area contributed by atoms with Gasteiger partial charge in [0.1, 0.15) is 0 Å². The van der Waals surface area contributed by atoms with Gasteiger partial charge in [0.25, 0.3) is 0 Å². The number of nitrogens with zero attached hydrogens (tertiary/aromatic N) is 2. The maximum atomic E-state index is 5.51. The Hall–Kier alpha value is -1.30. The predicted octanol–water partition coefficient (Wildman–Crippen LogP) is 1.75. The van der Waals surface area contributed by atoms with Crippen LogP contribution in [0.25, 0.3) is 0 Å². The van der Waals surface area contributed by atoms with Crippen LogP contribution in [-0.4, -0.2) is 69.8 Å². The van der Waals surface area contributed by atoms with Crippen molar-refractivity contribution in [3.63, 3.8) is 0 Å². The number of ether oxygens (including phenoxy) is 2. The average Bonchev–Trinajstić information content (AvgIpc) is 3.13. The maximum absolute atomic E-state index is 5.51. The number of likely N-dealkylation sites (tertiary alicyclic amines) is 1. The Morgan fingerprint density at radius 1 is 1.00 bits per heavy atom. The smallest absolute Gasteiger partial charge is 0.161 e. The van der Waals surface area contributed by atoms with Gasteiger partial charge in [0.2, 0.25) is 0 Å². The standard InChI is InChI=1S/C18H29N3O2/c1-22-17-6-5-15(13-18(17)23-2)16(14-20-9-3-4-10-20)21-11-7-19-8-12-21/h5-6,13,16,19H,3-4,7-12,14H2,1-2H3. The lowest BCUT2D eigenvalue weighted by Crippen LogP contribution is -2.47. The molecule has 0 amide bonds. The molecule has 5 nitrogen and oxygen atoms in total. The monoisotopic (exact) mass is 319 g/mol. The summed E-state index contributed by atoms with van der Waals surface area (Å²) in [5.41, 5.74) is 1.33. The van der Waals surface area contributed by atoms with Gasteiger partial charge in [-0.15, -0.1) is 0 Å². The van der Waals surface area contributed by atoms with Crippen LogP contribution < -0.4 is 14.8 Å². The van der Waals surface area contributed by atoms with Crippen LogP contribution in [0.4, 0.5) is 0 Å². The molecule has 2 fully saturated rings. The first-order chi connectivity index (χ1) is 11.3. The Balaban J connectivity index is 1.83. The van der Waals surface area contributed by atoms with E-state index in [2.05, 4.69) is 27.2 Å². The van der Waals surface area contributed by atoms with Gasteiger partial charge in [-0.2, -0.15) is 0 Å². The van der Waals surface area contributed by atoms with Gasteiger partial charge < -0.3 is 19.7 Å². The summed E-state index contributed by atoms with van der Waals surface area (Å²) in [6, 6.07) is 6.81. The first kappa shape index (κ1) is 16.6. The van der Waals surface area contributed by atoms with Crippen molar-refractivity contribution in [3.05, 3.63) is 23.8 Å². The van der Waals surface area contributed by atoms with Gasteiger partial charge in [0, 0.05) is 38.8 Å². The molecule has 2 saturated heterocycles. The highest BCUT2D eigenvalue weighted by Gasteiger charge is 2.26. The molecule has 0 bridgehead atoms. The number of nitrogens with one attached hydrogen (secondary N) is 1. The third-order valence-electron chi connectivity index (χ3n) is 5.01. The summed E-state index contributed by atoms with van der Waals surface area (Å²) >= 11 is 0. The van der Waals surface area contributed by atoms with E-state index in [0.29, 0.717) is 6.04 Å². The summed E-state index contributed by atoms with van der Waals surface area (Å²) in [7, 11) is 3.40.